The van der Waals surface area contributed by atoms with E-state index in [9.17, 15) is 9.90 Å². The molecule has 0 heterocycles. The van der Waals surface area contributed by atoms with E-state index in [-0.39, 0.29) is 24.2 Å². The molecule has 2 aromatic rings. The Kier molecular flexibility index (Phi) is 5.56. The van der Waals surface area contributed by atoms with E-state index in [1.165, 1.54) is 5.56 Å². The maximum absolute atomic E-state index is 12.0. The van der Waals surface area contributed by atoms with Crippen LogP contribution in [0.5, 0.6) is 5.75 Å². The minimum atomic E-state index is -0.815. The Labute approximate surface area is 137 Å². The maximum atomic E-state index is 12.0. The van der Waals surface area contributed by atoms with Gasteiger partial charge in [-0.25, -0.2) is 0 Å². The summed E-state index contributed by atoms with van der Waals surface area (Å²) in [6.45, 7) is 6.57. The number of Topliss-reactive ketones (excluding diaryl/α,β-unsaturated/α-hetero) is 1. The summed E-state index contributed by atoms with van der Waals surface area (Å²) < 4.78 is 5.57. The van der Waals surface area contributed by atoms with E-state index in [0.717, 1.165) is 0 Å². The first kappa shape index (κ1) is 17.2. The highest BCUT2D eigenvalue weighted by molar-refractivity contribution is 5.96. The molecule has 0 fully saturated rings. The summed E-state index contributed by atoms with van der Waals surface area (Å²) in [5, 5.41) is 9.98. The zero-order valence-electron chi connectivity index (χ0n) is 14.0. The van der Waals surface area contributed by atoms with Crippen LogP contribution in [-0.2, 0) is 5.41 Å². The van der Waals surface area contributed by atoms with Crippen LogP contribution < -0.4 is 4.74 Å². The number of hydrogen-bond acceptors (Lipinski definition) is 3. The fourth-order valence-electron chi connectivity index (χ4n) is 2.26. The molecular formula is C20H24O3. The third-order valence-corrected chi connectivity index (χ3v) is 3.68. The van der Waals surface area contributed by atoms with Gasteiger partial charge in [-0.3, -0.25) is 4.79 Å². The molecule has 2 rings (SSSR count). The molecule has 0 aromatic heterocycles. The van der Waals surface area contributed by atoms with Crippen LogP contribution in [0.4, 0.5) is 0 Å². The third-order valence-electron chi connectivity index (χ3n) is 3.68. The van der Waals surface area contributed by atoms with Crippen LogP contribution in [0.1, 0.15) is 43.1 Å². The highest BCUT2D eigenvalue weighted by Crippen LogP contribution is 2.24. The Bertz CT molecular complexity index is 624. The van der Waals surface area contributed by atoms with Gasteiger partial charge in [-0.05, 0) is 23.1 Å². The summed E-state index contributed by atoms with van der Waals surface area (Å²) in [5.74, 6) is 0.619. The molecule has 0 aliphatic rings. The molecule has 3 nitrogen and oxygen atoms in total. The second-order valence-electron chi connectivity index (χ2n) is 6.73. The number of carbonyl (C=O) groups is 1. The van der Waals surface area contributed by atoms with Crippen molar-refractivity contribution >= 4 is 5.78 Å². The molecule has 0 saturated heterocycles. The van der Waals surface area contributed by atoms with Crippen molar-refractivity contribution in [3.63, 3.8) is 0 Å². The van der Waals surface area contributed by atoms with Gasteiger partial charge in [0.25, 0.3) is 0 Å². The van der Waals surface area contributed by atoms with Gasteiger partial charge >= 0.3 is 0 Å². The molecule has 122 valence electrons. The van der Waals surface area contributed by atoms with Crippen molar-refractivity contribution in [1.82, 2.24) is 0 Å². The number of aliphatic hydroxyl groups excluding tert-OH is 1. The monoisotopic (exact) mass is 312 g/mol. The van der Waals surface area contributed by atoms with Crippen LogP contribution in [0, 0.1) is 0 Å². The summed E-state index contributed by atoms with van der Waals surface area (Å²) in [4.78, 5) is 12.0. The fourth-order valence-corrected chi connectivity index (χ4v) is 2.26. The molecule has 0 amide bonds. The van der Waals surface area contributed by atoms with E-state index in [4.69, 9.17) is 4.74 Å². The summed E-state index contributed by atoms with van der Waals surface area (Å²) in [5.41, 5.74) is 1.94. The van der Waals surface area contributed by atoms with Gasteiger partial charge < -0.3 is 9.84 Å². The molecule has 0 aliphatic carbocycles. The van der Waals surface area contributed by atoms with Crippen LogP contribution >= 0.6 is 0 Å². The Hall–Kier alpha value is -2.13. The molecule has 0 aliphatic heterocycles. The topological polar surface area (TPSA) is 46.5 Å². The Morgan fingerprint density at radius 3 is 2.22 bits per heavy atom. The van der Waals surface area contributed by atoms with E-state index in [1.54, 1.807) is 12.1 Å². The van der Waals surface area contributed by atoms with Crippen molar-refractivity contribution in [3.05, 3.63) is 65.7 Å². The smallest absolute Gasteiger partial charge is 0.165 e. The van der Waals surface area contributed by atoms with Crippen LogP contribution in [0.2, 0.25) is 0 Å². The largest absolute Gasteiger partial charge is 0.491 e. The Morgan fingerprint density at radius 2 is 1.65 bits per heavy atom. The molecule has 1 N–H and O–H groups in total. The van der Waals surface area contributed by atoms with Crippen LogP contribution in [0.25, 0.3) is 0 Å². The normalized spacial score (nSPS) is 12.7. The van der Waals surface area contributed by atoms with E-state index in [2.05, 4.69) is 20.8 Å². The minimum Gasteiger partial charge on any atom is -0.491 e. The molecule has 0 radical (unpaired) electrons. The summed E-state index contributed by atoms with van der Waals surface area (Å²) in [7, 11) is 0. The van der Waals surface area contributed by atoms with Gasteiger partial charge in [-0.1, -0.05) is 63.2 Å². The van der Waals surface area contributed by atoms with Crippen molar-refractivity contribution in [1.29, 1.82) is 0 Å². The van der Waals surface area contributed by atoms with E-state index >= 15 is 0 Å². The number of ether oxygens (including phenoxy) is 1. The zero-order chi connectivity index (χ0) is 16.9. The molecule has 0 spiro atoms. The van der Waals surface area contributed by atoms with E-state index < -0.39 is 6.10 Å². The quantitative estimate of drug-likeness (QED) is 0.820. The van der Waals surface area contributed by atoms with Crippen LogP contribution in [-0.4, -0.2) is 23.6 Å². The first-order valence-electron chi connectivity index (χ1n) is 7.86. The predicted octanol–water partition coefficient (Wildman–Crippen LogP) is 4.00. The summed E-state index contributed by atoms with van der Waals surface area (Å²) >= 11 is 0. The molecule has 2 aromatic carbocycles. The Balaban J connectivity index is 1.85. The number of aliphatic hydroxyl groups is 1. The molecule has 0 saturated carbocycles. The fraction of sp³-hybridized carbons (Fsp3) is 0.350. The summed E-state index contributed by atoms with van der Waals surface area (Å²) in [6.07, 6.45) is -0.755. The van der Waals surface area contributed by atoms with Crippen molar-refractivity contribution < 1.29 is 14.6 Å². The lowest BCUT2D eigenvalue weighted by molar-refractivity contribution is 0.0753. The molecule has 3 heteroatoms. The van der Waals surface area contributed by atoms with Gasteiger partial charge in [0.2, 0.25) is 0 Å². The zero-order valence-corrected chi connectivity index (χ0v) is 14.0. The molecule has 23 heavy (non-hydrogen) atoms. The SMILES string of the molecule is CC(C)(C)c1ccc(OCC(O)CC(=O)c2ccccc2)cc1. The van der Waals surface area contributed by atoms with Gasteiger partial charge in [-0.15, -0.1) is 0 Å². The molecule has 1 unspecified atom stereocenters. The molecular weight excluding hydrogens is 288 g/mol. The minimum absolute atomic E-state index is 0.0596. The van der Waals surface area contributed by atoms with Crippen LogP contribution in [0.15, 0.2) is 54.6 Å². The lowest BCUT2D eigenvalue weighted by Gasteiger charge is -2.19. The number of rotatable bonds is 6. The highest BCUT2D eigenvalue weighted by atomic mass is 16.5. The van der Waals surface area contributed by atoms with Gasteiger partial charge in [0.05, 0.1) is 6.10 Å². The van der Waals surface area contributed by atoms with Crippen molar-refractivity contribution in [3.8, 4) is 5.75 Å². The first-order chi connectivity index (χ1) is 10.9. The first-order valence-corrected chi connectivity index (χ1v) is 7.86. The number of carbonyl (C=O) groups excluding carboxylic acids is 1. The molecule has 0 bridgehead atoms. The number of benzene rings is 2. The lowest BCUT2D eigenvalue weighted by Crippen LogP contribution is -2.21. The third kappa shape index (κ3) is 5.22. The number of hydrogen-bond donors (Lipinski definition) is 1. The van der Waals surface area contributed by atoms with Gasteiger partial charge in [-0.2, -0.15) is 0 Å². The average Bonchev–Trinajstić information content (AvgIpc) is 2.53. The van der Waals surface area contributed by atoms with E-state index in [1.807, 2.05) is 42.5 Å². The Morgan fingerprint density at radius 1 is 1.04 bits per heavy atom. The second kappa shape index (κ2) is 7.42. The lowest BCUT2D eigenvalue weighted by atomic mass is 9.87. The van der Waals surface area contributed by atoms with Crippen molar-refractivity contribution in [2.45, 2.75) is 38.7 Å². The maximum Gasteiger partial charge on any atom is 0.165 e. The summed E-state index contributed by atoms with van der Waals surface area (Å²) in [6, 6.07) is 16.8. The number of ketones is 1. The predicted molar refractivity (Wildman–Crippen MR) is 92.0 cm³/mol. The van der Waals surface area contributed by atoms with Gasteiger partial charge in [0, 0.05) is 12.0 Å². The van der Waals surface area contributed by atoms with Crippen LogP contribution in [0.3, 0.4) is 0 Å². The van der Waals surface area contributed by atoms with Crippen molar-refractivity contribution in [2.75, 3.05) is 6.61 Å². The van der Waals surface area contributed by atoms with Gasteiger partial charge in [0.15, 0.2) is 5.78 Å². The van der Waals surface area contributed by atoms with Gasteiger partial charge in [0.1, 0.15) is 12.4 Å². The second-order valence-corrected chi connectivity index (χ2v) is 6.73. The van der Waals surface area contributed by atoms with E-state index in [0.29, 0.717) is 11.3 Å². The van der Waals surface area contributed by atoms with Crippen molar-refractivity contribution in [2.24, 2.45) is 0 Å². The average molecular weight is 312 g/mol. The molecule has 1 atom stereocenters. The standard InChI is InChI=1S/C20H24O3/c1-20(2,3)16-9-11-18(12-10-16)23-14-17(21)13-19(22)15-7-5-4-6-8-15/h4-12,17,21H,13-14H2,1-3H3. The highest BCUT2D eigenvalue weighted by Gasteiger charge is 2.15.